The highest BCUT2D eigenvalue weighted by molar-refractivity contribution is 5.71. The van der Waals surface area contributed by atoms with E-state index in [-0.39, 0.29) is 31.1 Å². The number of carbonyl (C=O) groups is 3. The average Bonchev–Trinajstić information content (AvgIpc) is 3.46. The Bertz CT molecular complexity index is 1490. The van der Waals surface area contributed by atoms with E-state index < -0.39 is 6.10 Å². The van der Waals surface area contributed by atoms with E-state index >= 15 is 0 Å². The van der Waals surface area contributed by atoms with Crippen molar-refractivity contribution in [2.45, 2.75) is 374 Å². The van der Waals surface area contributed by atoms with Crippen LogP contribution in [0.2, 0.25) is 0 Å². The second-order valence-corrected chi connectivity index (χ2v) is 23.8. The molecule has 0 aliphatic rings. The highest BCUT2D eigenvalue weighted by atomic mass is 16.6. The summed E-state index contributed by atoms with van der Waals surface area (Å²) in [6.07, 6.45) is 90.7. The largest absolute Gasteiger partial charge is 0.462 e. The summed E-state index contributed by atoms with van der Waals surface area (Å²) in [6, 6.07) is 0. The Labute approximate surface area is 503 Å². The molecule has 0 aliphatic heterocycles. The molecule has 0 aromatic rings. The van der Waals surface area contributed by atoms with E-state index in [1.165, 1.54) is 238 Å². The fourth-order valence-corrected chi connectivity index (χ4v) is 10.4. The number of ether oxygens (including phenoxy) is 3. The standard InChI is InChI=1S/C75H134O6/c1-4-7-10-13-16-19-22-25-27-29-31-32-33-34-35-36-37-38-39-40-41-42-44-45-47-50-53-56-59-62-65-68-74(77)80-71-72(70-79-73(76)67-64-61-58-55-52-49-24-21-18-15-12-9-6-3)81-75(78)69-66-63-60-57-54-51-48-46-43-30-28-26-23-20-17-14-11-8-5-2/h7,10,16-17,19-20,25-28,31-32,72H,4-6,8-9,11-15,18,21-24,29-30,33-71H2,1-3H3/b10-7-,19-16-,20-17-,27-25-,28-26-,32-31-. The molecule has 0 rings (SSSR count). The van der Waals surface area contributed by atoms with Crippen molar-refractivity contribution in [1.82, 2.24) is 0 Å². The lowest BCUT2D eigenvalue weighted by Crippen LogP contribution is -2.30. The van der Waals surface area contributed by atoms with Gasteiger partial charge in [-0.15, -0.1) is 0 Å². The molecule has 0 N–H and O–H groups in total. The minimum absolute atomic E-state index is 0.0710. The molecule has 6 nitrogen and oxygen atoms in total. The Morgan fingerprint density at radius 2 is 0.481 bits per heavy atom. The van der Waals surface area contributed by atoms with Crippen LogP contribution in [-0.2, 0) is 28.6 Å². The van der Waals surface area contributed by atoms with Crippen molar-refractivity contribution >= 4 is 17.9 Å². The van der Waals surface area contributed by atoms with Crippen molar-refractivity contribution in [3.63, 3.8) is 0 Å². The third kappa shape index (κ3) is 67.5. The van der Waals surface area contributed by atoms with Crippen LogP contribution in [0, 0.1) is 0 Å². The molecule has 81 heavy (non-hydrogen) atoms. The maximum atomic E-state index is 12.9. The summed E-state index contributed by atoms with van der Waals surface area (Å²) in [5, 5.41) is 0. The molecule has 0 spiro atoms. The summed E-state index contributed by atoms with van der Waals surface area (Å²) in [6.45, 7) is 6.55. The summed E-state index contributed by atoms with van der Waals surface area (Å²) < 4.78 is 17.0. The molecule has 0 fully saturated rings. The van der Waals surface area contributed by atoms with Crippen LogP contribution in [0.25, 0.3) is 0 Å². The van der Waals surface area contributed by atoms with Crippen LogP contribution in [0.4, 0.5) is 0 Å². The molecule has 0 saturated heterocycles. The first-order chi connectivity index (χ1) is 40.0. The van der Waals surface area contributed by atoms with E-state index in [1.807, 2.05) is 0 Å². The maximum absolute atomic E-state index is 12.9. The molecule has 0 heterocycles. The van der Waals surface area contributed by atoms with Gasteiger partial charge < -0.3 is 14.2 Å². The van der Waals surface area contributed by atoms with Gasteiger partial charge in [0.25, 0.3) is 0 Å². The van der Waals surface area contributed by atoms with E-state index in [2.05, 4.69) is 93.7 Å². The van der Waals surface area contributed by atoms with Crippen LogP contribution >= 0.6 is 0 Å². The van der Waals surface area contributed by atoms with Gasteiger partial charge in [-0.25, -0.2) is 0 Å². The van der Waals surface area contributed by atoms with Gasteiger partial charge in [-0.3, -0.25) is 14.4 Å². The van der Waals surface area contributed by atoms with Crippen molar-refractivity contribution < 1.29 is 28.6 Å². The van der Waals surface area contributed by atoms with Crippen LogP contribution in [0.3, 0.4) is 0 Å². The third-order valence-electron chi connectivity index (χ3n) is 15.7. The minimum atomic E-state index is -0.775. The highest BCUT2D eigenvalue weighted by Gasteiger charge is 2.19. The molecule has 6 heteroatoms. The fourth-order valence-electron chi connectivity index (χ4n) is 10.4. The van der Waals surface area contributed by atoms with E-state index in [4.69, 9.17) is 14.2 Å². The Hall–Kier alpha value is -3.15. The van der Waals surface area contributed by atoms with Crippen molar-refractivity contribution in [2.75, 3.05) is 13.2 Å². The van der Waals surface area contributed by atoms with Gasteiger partial charge in [0, 0.05) is 19.3 Å². The molecule has 0 aromatic carbocycles. The predicted octanol–water partition coefficient (Wildman–Crippen LogP) is 24.4. The summed E-state index contributed by atoms with van der Waals surface area (Å²) in [7, 11) is 0. The SMILES string of the molecule is CC/C=C\C/C=C\C/C=C\C/C=C\CCCCCCCCCCCCCCCCCCCCC(=O)OCC(COC(=O)CCCCCCCCCCCCCCC)OC(=O)CCCCCCCCCCC/C=C\C/C=C\CCCCC. The second-order valence-electron chi connectivity index (χ2n) is 23.8. The van der Waals surface area contributed by atoms with Gasteiger partial charge in [-0.1, -0.05) is 331 Å². The number of carbonyl (C=O) groups excluding carboxylic acids is 3. The Morgan fingerprint density at radius 3 is 0.778 bits per heavy atom. The minimum Gasteiger partial charge on any atom is -0.462 e. The van der Waals surface area contributed by atoms with Crippen LogP contribution in [-0.4, -0.2) is 37.2 Å². The first kappa shape index (κ1) is 77.9. The van der Waals surface area contributed by atoms with E-state index in [1.54, 1.807) is 0 Å². The third-order valence-corrected chi connectivity index (χ3v) is 15.7. The van der Waals surface area contributed by atoms with Crippen molar-refractivity contribution in [3.8, 4) is 0 Å². The molecular weight excluding hydrogens is 997 g/mol. The van der Waals surface area contributed by atoms with Crippen molar-refractivity contribution in [3.05, 3.63) is 72.9 Å². The number of hydrogen-bond donors (Lipinski definition) is 0. The zero-order valence-electron chi connectivity index (χ0n) is 54.1. The Balaban J connectivity index is 4.18. The second kappa shape index (κ2) is 69.3. The van der Waals surface area contributed by atoms with Crippen molar-refractivity contribution in [2.24, 2.45) is 0 Å². The van der Waals surface area contributed by atoms with E-state index in [9.17, 15) is 14.4 Å². The summed E-state index contributed by atoms with van der Waals surface area (Å²) in [5.41, 5.74) is 0. The van der Waals surface area contributed by atoms with Crippen molar-refractivity contribution in [1.29, 1.82) is 0 Å². The summed E-state index contributed by atoms with van der Waals surface area (Å²) >= 11 is 0. The van der Waals surface area contributed by atoms with Gasteiger partial charge in [-0.2, -0.15) is 0 Å². The van der Waals surface area contributed by atoms with Gasteiger partial charge in [0.05, 0.1) is 0 Å². The topological polar surface area (TPSA) is 78.9 Å². The molecule has 0 aliphatic carbocycles. The Kier molecular flexibility index (Phi) is 66.6. The highest BCUT2D eigenvalue weighted by Crippen LogP contribution is 2.18. The Morgan fingerprint density at radius 1 is 0.259 bits per heavy atom. The fraction of sp³-hybridized carbons (Fsp3) is 0.800. The molecule has 1 atom stereocenters. The number of unbranched alkanes of at least 4 members (excludes halogenated alkanes) is 42. The van der Waals surface area contributed by atoms with E-state index in [0.717, 1.165) is 89.9 Å². The zero-order chi connectivity index (χ0) is 58.5. The molecule has 0 aromatic heterocycles. The molecular formula is C75H134O6. The number of rotatable bonds is 65. The smallest absolute Gasteiger partial charge is 0.306 e. The molecule has 470 valence electrons. The van der Waals surface area contributed by atoms with Gasteiger partial charge in [0.15, 0.2) is 6.10 Å². The first-order valence-electron chi connectivity index (χ1n) is 35.4. The summed E-state index contributed by atoms with van der Waals surface area (Å²) in [4.78, 5) is 38.4. The van der Waals surface area contributed by atoms with Gasteiger partial charge in [-0.05, 0) is 89.9 Å². The van der Waals surface area contributed by atoms with E-state index in [0.29, 0.717) is 19.3 Å². The van der Waals surface area contributed by atoms with Crippen LogP contribution in [0.15, 0.2) is 72.9 Å². The normalized spacial score (nSPS) is 12.5. The molecule has 1 unspecified atom stereocenters. The number of allylic oxidation sites excluding steroid dienone is 12. The summed E-state index contributed by atoms with van der Waals surface area (Å²) in [5.74, 6) is -0.852. The number of esters is 3. The lowest BCUT2D eigenvalue weighted by atomic mass is 10.0. The first-order valence-corrected chi connectivity index (χ1v) is 35.4. The van der Waals surface area contributed by atoms with Crippen LogP contribution in [0.5, 0.6) is 0 Å². The van der Waals surface area contributed by atoms with Gasteiger partial charge in [0.2, 0.25) is 0 Å². The zero-order valence-corrected chi connectivity index (χ0v) is 54.1. The maximum Gasteiger partial charge on any atom is 0.306 e. The average molecular weight is 1130 g/mol. The van der Waals surface area contributed by atoms with Gasteiger partial charge >= 0.3 is 17.9 Å². The lowest BCUT2D eigenvalue weighted by Gasteiger charge is -2.18. The quantitative estimate of drug-likeness (QED) is 0.0261. The van der Waals surface area contributed by atoms with Gasteiger partial charge in [0.1, 0.15) is 13.2 Å². The molecule has 0 amide bonds. The number of hydrogen-bond acceptors (Lipinski definition) is 6. The predicted molar refractivity (Wildman–Crippen MR) is 353 cm³/mol. The molecule has 0 radical (unpaired) electrons. The van der Waals surface area contributed by atoms with Crippen LogP contribution in [0.1, 0.15) is 367 Å². The lowest BCUT2D eigenvalue weighted by molar-refractivity contribution is -0.167. The monoisotopic (exact) mass is 1130 g/mol. The molecule has 0 saturated carbocycles. The molecule has 0 bridgehead atoms. The van der Waals surface area contributed by atoms with Crippen LogP contribution < -0.4 is 0 Å².